The van der Waals surface area contributed by atoms with E-state index < -0.39 is 9.05 Å². The summed E-state index contributed by atoms with van der Waals surface area (Å²) in [6, 6.07) is 4.61. The Hall–Kier alpha value is -1.27. The molecule has 0 aromatic heterocycles. The van der Waals surface area contributed by atoms with Gasteiger partial charge in [-0.05, 0) is 37.1 Å². The van der Waals surface area contributed by atoms with E-state index in [4.69, 9.17) is 15.4 Å². The van der Waals surface area contributed by atoms with Crippen molar-refractivity contribution in [2.24, 2.45) is 0 Å². The number of halogens is 1. The molecule has 0 spiro atoms. The standard InChI is InChI=1S/C12H14ClNO4S/c1-8-6-10(3-4-11(8)19(13,16)17)18-7-9-2-5-12(15)14-9/h3-4,6,9H,2,5,7H2,1H3,(H,14,15). The van der Waals surface area contributed by atoms with Gasteiger partial charge in [-0.2, -0.15) is 0 Å². The van der Waals surface area contributed by atoms with E-state index in [2.05, 4.69) is 5.32 Å². The van der Waals surface area contributed by atoms with Gasteiger partial charge in [0.2, 0.25) is 5.91 Å². The van der Waals surface area contributed by atoms with Gasteiger partial charge in [0.1, 0.15) is 12.4 Å². The van der Waals surface area contributed by atoms with Crippen LogP contribution in [0.4, 0.5) is 0 Å². The van der Waals surface area contributed by atoms with Crippen molar-refractivity contribution in [3.8, 4) is 5.75 Å². The summed E-state index contributed by atoms with van der Waals surface area (Å²) < 4.78 is 28.0. The monoisotopic (exact) mass is 303 g/mol. The lowest BCUT2D eigenvalue weighted by atomic mass is 10.2. The van der Waals surface area contributed by atoms with Gasteiger partial charge >= 0.3 is 0 Å². The third-order valence-corrected chi connectivity index (χ3v) is 4.43. The topological polar surface area (TPSA) is 72.5 Å². The molecule has 1 fully saturated rings. The van der Waals surface area contributed by atoms with E-state index in [1.165, 1.54) is 6.07 Å². The summed E-state index contributed by atoms with van der Waals surface area (Å²) in [5.41, 5.74) is 0.531. The van der Waals surface area contributed by atoms with Crippen LogP contribution in [0.3, 0.4) is 0 Å². The molecule has 7 heteroatoms. The Bertz CT molecular complexity index is 600. The summed E-state index contributed by atoms with van der Waals surface area (Å²) >= 11 is 0. The zero-order chi connectivity index (χ0) is 14.0. The third kappa shape index (κ3) is 3.61. The van der Waals surface area contributed by atoms with Crippen molar-refractivity contribution in [1.29, 1.82) is 0 Å². The first-order valence-electron chi connectivity index (χ1n) is 5.84. The second-order valence-corrected chi connectivity index (χ2v) is 7.01. The van der Waals surface area contributed by atoms with Crippen molar-refractivity contribution in [3.63, 3.8) is 0 Å². The molecule has 104 valence electrons. The van der Waals surface area contributed by atoms with Crippen LogP contribution >= 0.6 is 10.7 Å². The highest BCUT2D eigenvalue weighted by Crippen LogP contribution is 2.24. The molecule has 0 saturated carbocycles. The highest BCUT2D eigenvalue weighted by Gasteiger charge is 2.21. The summed E-state index contributed by atoms with van der Waals surface area (Å²) in [5, 5.41) is 2.79. The van der Waals surface area contributed by atoms with Crippen LogP contribution in [-0.4, -0.2) is 27.0 Å². The molecule has 1 unspecified atom stereocenters. The van der Waals surface area contributed by atoms with E-state index in [-0.39, 0.29) is 16.8 Å². The van der Waals surface area contributed by atoms with E-state index in [0.717, 1.165) is 6.42 Å². The maximum absolute atomic E-state index is 11.2. The Morgan fingerprint density at radius 1 is 1.47 bits per heavy atom. The molecule has 2 rings (SSSR count). The van der Waals surface area contributed by atoms with Gasteiger partial charge in [-0.15, -0.1) is 0 Å². The predicted octanol–water partition coefficient (Wildman–Crippen LogP) is 1.58. The Morgan fingerprint density at radius 2 is 2.21 bits per heavy atom. The summed E-state index contributed by atoms with van der Waals surface area (Å²) in [4.78, 5) is 11.1. The second kappa shape index (κ2) is 5.38. The molecule has 1 aromatic rings. The van der Waals surface area contributed by atoms with Crippen molar-refractivity contribution >= 4 is 25.6 Å². The number of carbonyl (C=O) groups excluding carboxylic acids is 1. The van der Waals surface area contributed by atoms with E-state index in [0.29, 0.717) is 24.3 Å². The molecule has 1 heterocycles. The van der Waals surface area contributed by atoms with Gasteiger partial charge in [-0.3, -0.25) is 4.79 Å². The lowest BCUT2D eigenvalue weighted by Crippen LogP contribution is -2.30. The van der Waals surface area contributed by atoms with Crippen LogP contribution in [0.2, 0.25) is 0 Å². The molecule has 1 N–H and O–H groups in total. The minimum absolute atomic E-state index is 0.0178. The molecule has 19 heavy (non-hydrogen) atoms. The molecule has 5 nitrogen and oxygen atoms in total. The molecule has 1 aromatic carbocycles. The predicted molar refractivity (Wildman–Crippen MR) is 70.9 cm³/mol. The van der Waals surface area contributed by atoms with Crippen molar-refractivity contribution in [2.75, 3.05) is 6.61 Å². The normalized spacial score (nSPS) is 19.3. The number of amides is 1. The molecular formula is C12H14ClNO4S. The highest BCUT2D eigenvalue weighted by molar-refractivity contribution is 8.13. The maximum atomic E-state index is 11.2. The fourth-order valence-electron chi connectivity index (χ4n) is 1.98. The SMILES string of the molecule is Cc1cc(OCC2CCC(=O)N2)ccc1S(=O)(=O)Cl. The fraction of sp³-hybridized carbons (Fsp3) is 0.417. The van der Waals surface area contributed by atoms with Crippen LogP contribution < -0.4 is 10.1 Å². The van der Waals surface area contributed by atoms with Crippen LogP contribution in [0.1, 0.15) is 18.4 Å². The molecule has 1 aliphatic rings. The molecule has 0 aliphatic carbocycles. The quantitative estimate of drug-likeness (QED) is 0.857. The number of hydrogen-bond donors (Lipinski definition) is 1. The molecule has 0 bridgehead atoms. The molecule has 1 aliphatic heterocycles. The Balaban J connectivity index is 2.02. The largest absolute Gasteiger partial charge is 0.491 e. The summed E-state index contributed by atoms with van der Waals surface area (Å²) in [7, 11) is 1.57. The Morgan fingerprint density at radius 3 is 2.74 bits per heavy atom. The third-order valence-electron chi connectivity index (χ3n) is 2.95. The van der Waals surface area contributed by atoms with Gasteiger partial charge < -0.3 is 10.1 Å². The van der Waals surface area contributed by atoms with Crippen LogP contribution in [0.5, 0.6) is 5.75 Å². The number of rotatable bonds is 4. The lowest BCUT2D eigenvalue weighted by molar-refractivity contribution is -0.119. The van der Waals surface area contributed by atoms with E-state index >= 15 is 0 Å². The van der Waals surface area contributed by atoms with Crippen LogP contribution in [-0.2, 0) is 13.8 Å². The number of carbonyl (C=O) groups is 1. The minimum atomic E-state index is -3.73. The van der Waals surface area contributed by atoms with Gasteiger partial charge in [0.05, 0.1) is 10.9 Å². The van der Waals surface area contributed by atoms with E-state index in [9.17, 15) is 13.2 Å². The van der Waals surface area contributed by atoms with Crippen molar-refractivity contribution in [2.45, 2.75) is 30.7 Å². The first kappa shape index (κ1) is 14.1. The minimum Gasteiger partial charge on any atom is -0.491 e. The number of nitrogens with one attached hydrogen (secondary N) is 1. The van der Waals surface area contributed by atoms with Gasteiger partial charge in [0, 0.05) is 17.1 Å². The summed E-state index contributed by atoms with van der Waals surface area (Å²) in [6.07, 6.45) is 1.28. The van der Waals surface area contributed by atoms with Gasteiger partial charge in [0.15, 0.2) is 0 Å². The number of ether oxygens (including phenoxy) is 1. The molecule has 0 radical (unpaired) electrons. The number of benzene rings is 1. The van der Waals surface area contributed by atoms with Gasteiger partial charge in [-0.1, -0.05) is 0 Å². The summed E-state index contributed by atoms with van der Waals surface area (Å²) in [6.45, 7) is 2.03. The Labute approximate surface area is 116 Å². The molecule has 1 saturated heterocycles. The molecule has 1 amide bonds. The second-order valence-electron chi connectivity index (χ2n) is 4.48. The summed E-state index contributed by atoms with van der Waals surface area (Å²) in [5.74, 6) is 0.594. The maximum Gasteiger partial charge on any atom is 0.261 e. The van der Waals surface area contributed by atoms with E-state index in [1.54, 1.807) is 19.1 Å². The van der Waals surface area contributed by atoms with Crippen molar-refractivity contribution in [1.82, 2.24) is 5.32 Å². The molecular weight excluding hydrogens is 290 g/mol. The number of aryl methyl sites for hydroxylation is 1. The average Bonchev–Trinajstić information content (AvgIpc) is 2.71. The van der Waals surface area contributed by atoms with Crippen LogP contribution in [0, 0.1) is 6.92 Å². The highest BCUT2D eigenvalue weighted by atomic mass is 35.7. The Kier molecular flexibility index (Phi) is 4.01. The number of hydrogen-bond acceptors (Lipinski definition) is 4. The first-order valence-corrected chi connectivity index (χ1v) is 8.14. The molecule has 1 atom stereocenters. The van der Waals surface area contributed by atoms with Crippen LogP contribution in [0.15, 0.2) is 23.1 Å². The van der Waals surface area contributed by atoms with E-state index in [1.807, 2.05) is 0 Å². The van der Waals surface area contributed by atoms with Crippen molar-refractivity contribution in [3.05, 3.63) is 23.8 Å². The zero-order valence-electron chi connectivity index (χ0n) is 10.3. The zero-order valence-corrected chi connectivity index (χ0v) is 11.9. The van der Waals surface area contributed by atoms with Crippen molar-refractivity contribution < 1.29 is 17.9 Å². The van der Waals surface area contributed by atoms with Crippen LogP contribution in [0.25, 0.3) is 0 Å². The smallest absolute Gasteiger partial charge is 0.261 e. The lowest BCUT2D eigenvalue weighted by Gasteiger charge is -2.13. The fourth-order valence-corrected chi connectivity index (χ4v) is 3.18. The van der Waals surface area contributed by atoms with Gasteiger partial charge in [-0.25, -0.2) is 8.42 Å². The first-order chi connectivity index (χ1) is 8.86. The average molecular weight is 304 g/mol. The van der Waals surface area contributed by atoms with Gasteiger partial charge in [0.25, 0.3) is 9.05 Å².